The summed E-state index contributed by atoms with van der Waals surface area (Å²) in [6, 6.07) is 0. The lowest BCUT2D eigenvalue weighted by Crippen LogP contribution is -2.27. The van der Waals surface area contributed by atoms with Gasteiger partial charge >= 0.3 is 0 Å². The Balaban J connectivity index is 1.95. The second kappa shape index (κ2) is 3.27. The smallest absolute Gasteiger partial charge is 0.162 e. The normalized spacial score (nSPS) is 35.2. The molecule has 2 aliphatic heterocycles. The summed E-state index contributed by atoms with van der Waals surface area (Å²) < 4.78 is 10.6. The molecule has 0 saturated carbocycles. The zero-order valence-corrected chi connectivity index (χ0v) is 6.86. The van der Waals surface area contributed by atoms with Crippen molar-refractivity contribution in [1.82, 2.24) is 0 Å². The summed E-state index contributed by atoms with van der Waals surface area (Å²) in [4.78, 5) is 11.0. The number of allylic oxidation sites excluding steroid dienone is 1. The van der Waals surface area contributed by atoms with Crippen molar-refractivity contribution >= 4 is 5.78 Å². The molecule has 0 N–H and O–H groups in total. The third kappa shape index (κ3) is 1.50. The summed E-state index contributed by atoms with van der Waals surface area (Å²) in [5.74, 6) is 0.581. The Bertz CT molecular complexity index is 204. The molecule has 3 heteroatoms. The first-order chi connectivity index (χ1) is 5.86. The topological polar surface area (TPSA) is 35.5 Å². The summed E-state index contributed by atoms with van der Waals surface area (Å²) in [5, 5.41) is 0. The fourth-order valence-corrected chi connectivity index (χ4v) is 1.65. The van der Waals surface area contributed by atoms with Gasteiger partial charge in [0.1, 0.15) is 6.10 Å². The van der Waals surface area contributed by atoms with Gasteiger partial charge in [-0.3, -0.25) is 4.79 Å². The maximum Gasteiger partial charge on any atom is 0.162 e. The van der Waals surface area contributed by atoms with Crippen LogP contribution in [0.5, 0.6) is 0 Å². The first-order valence-corrected chi connectivity index (χ1v) is 4.29. The van der Waals surface area contributed by atoms with Crippen LogP contribution in [-0.4, -0.2) is 25.1 Å². The molecule has 0 aromatic rings. The lowest BCUT2D eigenvalue weighted by atomic mass is 9.96. The third-order valence-corrected chi connectivity index (χ3v) is 2.40. The molecule has 0 aliphatic carbocycles. The molecule has 2 atom stereocenters. The molecule has 0 spiro atoms. The number of hydrogen-bond acceptors (Lipinski definition) is 3. The van der Waals surface area contributed by atoms with Gasteiger partial charge in [-0.2, -0.15) is 0 Å². The minimum Gasteiger partial charge on any atom is -0.497 e. The van der Waals surface area contributed by atoms with E-state index in [-0.39, 0.29) is 11.9 Å². The van der Waals surface area contributed by atoms with Gasteiger partial charge in [0.25, 0.3) is 0 Å². The highest BCUT2D eigenvalue weighted by Gasteiger charge is 2.29. The molecule has 0 amide bonds. The van der Waals surface area contributed by atoms with Crippen molar-refractivity contribution in [2.75, 3.05) is 13.2 Å². The Morgan fingerprint density at radius 3 is 3.08 bits per heavy atom. The molecule has 2 heterocycles. The minimum absolute atomic E-state index is 0.0602. The van der Waals surface area contributed by atoms with Crippen LogP contribution in [0.4, 0.5) is 0 Å². The van der Waals surface area contributed by atoms with Crippen molar-refractivity contribution in [2.45, 2.75) is 18.9 Å². The molecule has 1 fully saturated rings. The molecular formula is C9H12O3. The Morgan fingerprint density at radius 1 is 1.50 bits per heavy atom. The van der Waals surface area contributed by atoms with Crippen LogP contribution in [-0.2, 0) is 14.3 Å². The average Bonchev–Trinajstić information content (AvgIpc) is 2.56. The first kappa shape index (κ1) is 7.80. The van der Waals surface area contributed by atoms with Crippen LogP contribution in [0.2, 0.25) is 0 Å². The minimum atomic E-state index is 0.0602. The van der Waals surface area contributed by atoms with E-state index in [9.17, 15) is 4.79 Å². The standard InChI is InChI=1S/C9H12O3/c10-8-2-4-12-9(5-8)7-1-3-11-6-7/h2,4,7,9H,1,3,5-6H2/t7?,9-/m1/s1. The van der Waals surface area contributed by atoms with E-state index in [1.54, 1.807) is 0 Å². The lowest BCUT2D eigenvalue weighted by molar-refractivity contribution is -0.119. The molecule has 1 saturated heterocycles. The van der Waals surface area contributed by atoms with E-state index < -0.39 is 0 Å². The fraction of sp³-hybridized carbons (Fsp3) is 0.667. The summed E-state index contributed by atoms with van der Waals surface area (Å²) >= 11 is 0. The van der Waals surface area contributed by atoms with Crippen molar-refractivity contribution in [3.63, 3.8) is 0 Å². The fourth-order valence-electron chi connectivity index (χ4n) is 1.65. The van der Waals surface area contributed by atoms with Gasteiger partial charge in [-0.1, -0.05) is 0 Å². The van der Waals surface area contributed by atoms with E-state index >= 15 is 0 Å². The Morgan fingerprint density at radius 2 is 2.42 bits per heavy atom. The molecular weight excluding hydrogens is 156 g/mol. The van der Waals surface area contributed by atoms with Crippen molar-refractivity contribution in [3.05, 3.63) is 12.3 Å². The number of ether oxygens (including phenoxy) is 2. The summed E-state index contributed by atoms with van der Waals surface area (Å²) in [6.07, 6.45) is 4.60. The van der Waals surface area contributed by atoms with Crippen LogP contribution < -0.4 is 0 Å². The molecule has 0 aromatic carbocycles. The predicted octanol–water partition coefficient (Wildman–Crippen LogP) is 0.895. The van der Waals surface area contributed by atoms with Crippen LogP contribution in [0.25, 0.3) is 0 Å². The van der Waals surface area contributed by atoms with Crippen LogP contribution >= 0.6 is 0 Å². The van der Waals surface area contributed by atoms with Gasteiger partial charge in [0, 0.05) is 25.0 Å². The average molecular weight is 168 g/mol. The zero-order chi connectivity index (χ0) is 8.39. The second-order valence-electron chi connectivity index (χ2n) is 3.27. The summed E-state index contributed by atoms with van der Waals surface area (Å²) in [7, 11) is 0. The van der Waals surface area contributed by atoms with E-state index in [1.807, 2.05) is 0 Å². The van der Waals surface area contributed by atoms with Crippen LogP contribution in [0, 0.1) is 5.92 Å². The molecule has 3 nitrogen and oxygen atoms in total. The van der Waals surface area contributed by atoms with E-state index in [1.165, 1.54) is 12.3 Å². The summed E-state index contributed by atoms with van der Waals surface area (Å²) in [6.45, 7) is 1.55. The van der Waals surface area contributed by atoms with Crippen molar-refractivity contribution in [2.24, 2.45) is 5.92 Å². The molecule has 66 valence electrons. The van der Waals surface area contributed by atoms with Gasteiger partial charge < -0.3 is 9.47 Å². The van der Waals surface area contributed by atoms with Gasteiger partial charge in [0.15, 0.2) is 5.78 Å². The predicted molar refractivity (Wildman–Crippen MR) is 42.6 cm³/mol. The maximum atomic E-state index is 11.0. The van der Waals surface area contributed by atoms with Gasteiger partial charge in [-0.25, -0.2) is 0 Å². The molecule has 0 aromatic heterocycles. The molecule has 2 rings (SSSR count). The lowest BCUT2D eigenvalue weighted by Gasteiger charge is -2.23. The molecule has 2 aliphatic rings. The molecule has 0 bridgehead atoms. The van der Waals surface area contributed by atoms with Crippen molar-refractivity contribution in [3.8, 4) is 0 Å². The second-order valence-corrected chi connectivity index (χ2v) is 3.27. The number of carbonyl (C=O) groups is 1. The van der Waals surface area contributed by atoms with Crippen LogP contribution in [0.1, 0.15) is 12.8 Å². The van der Waals surface area contributed by atoms with E-state index in [4.69, 9.17) is 9.47 Å². The van der Waals surface area contributed by atoms with E-state index in [0.29, 0.717) is 12.3 Å². The SMILES string of the molecule is O=C1C=CO[C@@H](C2CCOC2)C1. The number of hydrogen-bond donors (Lipinski definition) is 0. The third-order valence-electron chi connectivity index (χ3n) is 2.40. The maximum absolute atomic E-state index is 11.0. The molecule has 0 radical (unpaired) electrons. The Hall–Kier alpha value is -0.830. The largest absolute Gasteiger partial charge is 0.497 e. The van der Waals surface area contributed by atoms with E-state index in [0.717, 1.165) is 19.6 Å². The van der Waals surface area contributed by atoms with E-state index in [2.05, 4.69) is 0 Å². The number of carbonyl (C=O) groups excluding carboxylic acids is 1. The van der Waals surface area contributed by atoms with Gasteiger partial charge in [-0.15, -0.1) is 0 Å². The van der Waals surface area contributed by atoms with Gasteiger partial charge in [-0.05, 0) is 6.42 Å². The molecule has 1 unspecified atom stereocenters. The highest BCUT2D eigenvalue weighted by atomic mass is 16.5. The first-order valence-electron chi connectivity index (χ1n) is 4.29. The molecule has 12 heavy (non-hydrogen) atoms. The highest BCUT2D eigenvalue weighted by Crippen LogP contribution is 2.23. The van der Waals surface area contributed by atoms with Crippen LogP contribution in [0.3, 0.4) is 0 Å². The zero-order valence-electron chi connectivity index (χ0n) is 6.86. The van der Waals surface area contributed by atoms with Gasteiger partial charge in [0.05, 0.1) is 12.9 Å². The van der Waals surface area contributed by atoms with Gasteiger partial charge in [0.2, 0.25) is 0 Å². The Kier molecular flexibility index (Phi) is 2.13. The van der Waals surface area contributed by atoms with Crippen molar-refractivity contribution in [1.29, 1.82) is 0 Å². The quantitative estimate of drug-likeness (QED) is 0.583. The monoisotopic (exact) mass is 168 g/mol. The van der Waals surface area contributed by atoms with Crippen LogP contribution in [0.15, 0.2) is 12.3 Å². The number of rotatable bonds is 1. The van der Waals surface area contributed by atoms with Crippen molar-refractivity contribution < 1.29 is 14.3 Å². The highest BCUT2D eigenvalue weighted by molar-refractivity contribution is 5.90. The Labute approximate surface area is 71.3 Å². The number of ketones is 1. The summed E-state index contributed by atoms with van der Waals surface area (Å²) in [5.41, 5.74) is 0.